The number of nitrogens with zero attached hydrogens (tertiary/aromatic N) is 4. The molecule has 2 N–H and O–H groups in total. The first-order chi connectivity index (χ1) is 16.1. The summed E-state index contributed by atoms with van der Waals surface area (Å²) in [5, 5.41) is 2.40. The van der Waals surface area contributed by atoms with Gasteiger partial charge >= 0.3 is 6.18 Å². The quantitative estimate of drug-likeness (QED) is 0.442. The highest BCUT2D eigenvalue weighted by atomic mass is 19.4. The summed E-state index contributed by atoms with van der Waals surface area (Å²) in [6.45, 7) is 3.93. The van der Waals surface area contributed by atoms with E-state index in [1.807, 2.05) is 4.90 Å². The van der Waals surface area contributed by atoms with Crippen molar-refractivity contribution >= 4 is 22.6 Å². The number of nitrogens with one attached hydrogen (secondary N) is 2. The Hall–Kier alpha value is -3.54. The number of aryl methyl sites for hydroxylation is 1. The second-order valence-electron chi connectivity index (χ2n) is 8.04. The Kier molecular flexibility index (Phi) is 6.26. The van der Waals surface area contributed by atoms with Crippen LogP contribution in [0.4, 0.5) is 23.2 Å². The van der Waals surface area contributed by atoms with Crippen LogP contribution in [0, 0.1) is 12.9 Å². The van der Waals surface area contributed by atoms with E-state index in [0.29, 0.717) is 38.4 Å². The lowest BCUT2D eigenvalue weighted by Crippen LogP contribution is -2.46. The number of fused-ring (bicyclic) bond motifs is 1. The molecule has 0 spiro atoms. The van der Waals surface area contributed by atoms with Gasteiger partial charge in [-0.3, -0.25) is 19.5 Å². The van der Waals surface area contributed by atoms with Gasteiger partial charge in [-0.05, 0) is 36.2 Å². The predicted octanol–water partition coefficient (Wildman–Crippen LogP) is 2.47. The van der Waals surface area contributed by atoms with Gasteiger partial charge in [-0.1, -0.05) is 0 Å². The van der Waals surface area contributed by atoms with Crippen molar-refractivity contribution in [1.29, 1.82) is 0 Å². The van der Waals surface area contributed by atoms with Crippen molar-refractivity contribution < 1.29 is 22.4 Å². The van der Waals surface area contributed by atoms with Crippen molar-refractivity contribution in [3.05, 3.63) is 63.1 Å². The summed E-state index contributed by atoms with van der Waals surface area (Å²) >= 11 is 0. The number of hydrogen-bond donors (Lipinski definition) is 2. The predicted molar refractivity (Wildman–Crippen MR) is 117 cm³/mol. The first kappa shape index (κ1) is 23.6. The third-order valence-electron chi connectivity index (χ3n) is 5.84. The minimum atomic E-state index is -4.76. The van der Waals surface area contributed by atoms with Gasteiger partial charge in [-0.2, -0.15) is 17.6 Å². The SMILES string of the molecule is CNC(=O)c1ccc(N2CCN(Cc3cnc4c(C)c(C(F)(F)F)c(=O)[nH]c4c3)CC2)c(F)n1. The van der Waals surface area contributed by atoms with Crippen LogP contribution in [0.15, 0.2) is 29.2 Å². The third kappa shape index (κ3) is 4.58. The maximum atomic E-state index is 14.4. The van der Waals surface area contributed by atoms with Gasteiger partial charge in [0.05, 0.1) is 16.7 Å². The minimum absolute atomic E-state index is 0.00169. The number of aromatic nitrogens is 3. The first-order valence-electron chi connectivity index (χ1n) is 10.5. The highest BCUT2D eigenvalue weighted by Gasteiger charge is 2.36. The Morgan fingerprint density at radius 2 is 1.91 bits per heavy atom. The fraction of sp³-hybridized carbons (Fsp3) is 0.364. The summed E-state index contributed by atoms with van der Waals surface area (Å²) < 4.78 is 54.0. The molecule has 3 aromatic rings. The van der Waals surface area contributed by atoms with Gasteiger partial charge in [0.2, 0.25) is 5.95 Å². The maximum Gasteiger partial charge on any atom is 0.422 e. The number of alkyl halides is 3. The van der Waals surface area contributed by atoms with Crippen LogP contribution in [0.3, 0.4) is 0 Å². The summed E-state index contributed by atoms with van der Waals surface area (Å²) in [5.74, 6) is -1.18. The molecule has 0 aromatic carbocycles. The number of hydrogen-bond acceptors (Lipinski definition) is 6. The molecule has 0 atom stereocenters. The number of piperazine rings is 1. The number of rotatable bonds is 4. The van der Waals surface area contributed by atoms with Crippen LogP contribution in [0.5, 0.6) is 0 Å². The number of aromatic amines is 1. The van der Waals surface area contributed by atoms with Gasteiger partial charge in [0.1, 0.15) is 11.3 Å². The zero-order valence-corrected chi connectivity index (χ0v) is 18.5. The molecule has 0 unspecified atom stereocenters. The maximum absolute atomic E-state index is 14.4. The molecule has 8 nitrogen and oxygen atoms in total. The molecule has 0 radical (unpaired) electrons. The van der Waals surface area contributed by atoms with E-state index < -0.39 is 29.2 Å². The molecule has 0 bridgehead atoms. The van der Waals surface area contributed by atoms with E-state index in [4.69, 9.17) is 0 Å². The molecule has 34 heavy (non-hydrogen) atoms. The first-order valence-corrected chi connectivity index (χ1v) is 10.5. The molecule has 1 saturated heterocycles. The lowest BCUT2D eigenvalue weighted by atomic mass is 10.1. The van der Waals surface area contributed by atoms with Crippen LogP contribution in [0.2, 0.25) is 0 Å². The molecule has 0 aliphatic carbocycles. The smallest absolute Gasteiger partial charge is 0.365 e. The Morgan fingerprint density at radius 3 is 2.53 bits per heavy atom. The van der Waals surface area contributed by atoms with Crippen LogP contribution in [0.1, 0.15) is 27.2 Å². The van der Waals surface area contributed by atoms with E-state index in [2.05, 4.69) is 25.2 Å². The molecule has 3 aromatic heterocycles. The second-order valence-corrected chi connectivity index (χ2v) is 8.04. The standard InChI is InChI=1S/C22H22F4N6O2/c1-12-17(22(24,25)26)21(34)30-15-9-13(10-28-18(12)15)11-31-5-7-32(8-6-31)16-4-3-14(20(33)27-2)29-19(16)23/h3-4,9-10H,5-8,11H2,1-2H3,(H,27,33)(H,30,34). The summed E-state index contributed by atoms with van der Waals surface area (Å²) in [6.07, 6.45) is -3.26. The van der Waals surface area contributed by atoms with Crippen molar-refractivity contribution in [2.45, 2.75) is 19.6 Å². The zero-order valence-electron chi connectivity index (χ0n) is 18.5. The minimum Gasteiger partial charge on any atom is -0.365 e. The van der Waals surface area contributed by atoms with Crippen LogP contribution >= 0.6 is 0 Å². The fourth-order valence-corrected chi connectivity index (χ4v) is 4.13. The van der Waals surface area contributed by atoms with Gasteiger partial charge in [0.15, 0.2) is 0 Å². The fourth-order valence-electron chi connectivity index (χ4n) is 4.13. The van der Waals surface area contributed by atoms with Crippen molar-refractivity contribution in [2.75, 3.05) is 38.1 Å². The topological polar surface area (TPSA) is 94.2 Å². The van der Waals surface area contributed by atoms with Crippen LogP contribution < -0.4 is 15.8 Å². The molecule has 180 valence electrons. The molecule has 1 amide bonds. The van der Waals surface area contributed by atoms with E-state index >= 15 is 0 Å². The Morgan fingerprint density at radius 1 is 1.21 bits per heavy atom. The molecule has 1 aliphatic heterocycles. The van der Waals surface area contributed by atoms with Gasteiger partial charge in [-0.25, -0.2) is 4.98 Å². The second kappa shape index (κ2) is 9.01. The highest BCUT2D eigenvalue weighted by molar-refractivity contribution is 5.92. The molecular weight excluding hydrogens is 456 g/mol. The molecule has 0 saturated carbocycles. The summed E-state index contributed by atoms with van der Waals surface area (Å²) in [5.41, 5.74) is -1.23. The largest absolute Gasteiger partial charge is 0.422 e. The summed E-state index contributed by atoms with van der Waals surface area (Å²) in [7, 11) is 1.44. The van der Waals surface area contributed by atoms with Gasteiger partial charge in [-0.15, -0.1) is 0 Å². The monoisotopic (exact) mass is 478 g/mol. The van der Waals surface area contributed by atoms with Crippen LogP contribution in [-0.4, -0.2) is 59.0 Å². The van der Waals surface area contributed by atoms with Crippen LogP contribution in [0.25, 0.3) is 11.0 Å². The molecular formula is C22H22F4N6O2. The lowest BCUT2D eigenvalue weighted by Gasteiger charge is -2.36. The van der Waals surface area contributed by atoms with Crippen molar-refractivity contribution in [2.24, 2.45) is 0 Å². The number of amides is 1. The number of pyridine rings is 3. The Labute approximate surface area is 191 Å². The van der Waals surface area contributed by atoms with Gasteiger partial charge < -0.3 is 15.2 Å². The van der Waals surface area contributed by atoms with Crippen LogP contribution in [-0.2, 0) is 12.7 Å². The highest BCUT2D eigenvalue weighted by Crippen LogP contribution is 2.31. The average molecular weight is 478 g/mol. The lowest BCUT2D eigenvalue weighted by molar-refractivity contribution is -0.139. The van der Waals surface area contributed by atoms with Crippen molar-refractivity contribution in [1.82, 2.24) is 25.2 Å². The van der Waals surface area contributed by atoms with Gasteiger partial charge in [0, 0.05) is 46.0 Å². The molecule has 4 rings (SSSR count). The van der Waals surface area contributed by atoms with E-state index in [1.165, 1.54) is 32.3 Å². The average Bonchev–Trinajstić information content (AvgIpc) is 2.78. The molecule has 1 fully saturated rings. The zero-order chi connectivity index (χ0) is 24.6. The van der Waals surface area contributed by atoms with E-state index in [0.717, 1.165) is 5.56 Å². The van der Waals surface area contributed by atoms with E-state index in [-0.39, 0.29) is 22.3 Å². The number of anilines is 1. The molecule has 4 heterocycles. The number of carbonyl (C=O) groups excluding carboxylic acids is 1. The molecule has 1 aliphatic rings. The van der Waals surface area contributed by atoms with Crippen molar-refractivity contribution in [3.8, 4) is 0 Å². The summed E-state index contributed by atoms with van der Waals surface area (Å²) in [4.78, 5) is 37.7. The Balaban J connectivity index is 1.46. The third-order valence-corrected chi connectivity index (χ3v) is 5.84. The summed E-state index contributed by atoms with van der Waals surface area (Å²) in [6, 6.07) is 4.63. The number of halogens is 4. The van der Waals surface area contributed by atoms with Gasteiger partial charge in [0.25, 0.3) is 11.5 Å². The van der Waals surface area contributed by atoms with E-state index in [9.17, 15) is 27.2 Å². The number of H-pyrrole nitrogens is 1. The van der Waals surface area contributed by atoms with E-state index in [1.54, 1.807) is 6.07 Å². The molecule has 12 heteroatoms. The number of carbonyl (C=O) groups is 1. The Bertz CT molecular complexity index is 1300. The normalized spacial score (nSPS) is 15.1. The van der Waals surface area contributed by atoms with Crippen molar-refractivity contribution in [3.63, 3.8) is 0 Å².